The number of halogens is 1. The first-order valence-electron chi connectivity index (χ1n) is 5.30. The Kier molecular flexibility index (Phi) is 5.75. The molecule has 90 valence electrons. The normalized spacial score (nSPS) is 26.0. The molecule has 0 aromatic heterocycles. The number of nitrogens with one attached hydrogen (secondary N) is 3. The summed E-state index contributed by atoms with van der Waals surface area (Å²) in [5, 5.41) is 10.3. The van der Waals surface area contributed by atoms with Crippen molar-refractivity contribution in [2.45, 2.75) is 31.7 Å². The molecule has 5 nitrogen and oxygen atoms in total. The Labute approximate surface area is 109 Å². The van der Waals surface area contributed by atoms with Gasteiger partial charge in [0.1, 0.15) is 0 Å². The van der Waals surface area contributed by atoms with Crippen LogP contribution in [0.4, 0.5) is 0 Å². The minimum Gasteiger partial charge on any atom is -0.387 e. The van der Waals surface area contributed by atoms with Crippen LogP contribution >= 0.6 is 22.6 Å². The Morgan fingerprint density at radius 1 is 1.38 bits per heavy atom. The van der Waals surface area contributed by atoms with E-state index < -0.39 is 0 Å². The Balaban J connectivity index is 2.32. The molecule has 0 bridgehead atoms. The largest absolute Gasteiger partial charge is 0.387 e. The molecule has 0 atom stereocenters. The van der Waals surface area contributed by atoms with Gasteiger partial charge in [-0.1, -0.05) is 0 Å². The summed E-state index contributed by atoms with van der Waals surface area (Å²) >= 11 is 2.10. The second-order valence-corrected chi connectivity index (χ2v) is 5.14. The highest BCUT2D eigenvalue weighted by atomic mass is 127. The third kappa shape index (κ3) is 4.09. The second kappa shape index (κ2) is 6.85. The monoisotopic (exact) mass is 336 g/mol. The molecule has 1 aliphatic rings. The Bertz CT molecular complexity index is 285. The number of hydrogen-bond donors (Lipinski definition) is 4. The summed E-state index contributed by atoms with van der Waals surface area (Å²) < 4.78 is 0.874. The Morgan fingerprint density at radius 3 is 2.50 bits per heavy atom. The third-order valence-electron chi connectivity index (χ3n) is 2.84. The van der Waals surface area contributed by atoms with Gasteiger partial charge in [-0.3, -0.25) is 10.2 Å². The highest BCUT2D eigenvalue weighted by Crippen LogP contribution is 2.24. The Morgan fingerprint density at radius 2 is 2.00 bits per heavy atom. The van der Waals surface area contributed by atoms with Crippen LogP contribution in [-0.2, 0) is 4.79 Å². The predicted molar refractivity (Wildman–Crippen MR) is 72.1 cm³/mol. The first-order valence-corrected chi connectivity index (χ1v) is 6.38. The van der Waals surface area contributed by atoms with Crippen LogP contribution in [0.3, 0.4) is 0 Å². The lowest BCUT2D eigenvalue weighted by Gasteiger charge is -2.27. The lowest BCUT2D eigenvalue weighted by Crippen LogP contribution is -2.40. The zero-order chi connectivity index (χ0) is 12.0. The predicted octanol–water partition coefficient (Wildman–Crippen LogP) is 1.05. The van der Waals surface area contributed by atoms with Crippen molar-refractivity contribution in [3.63, 3.8) is 0 Å². The fourth-order valence-electron chi connectivity index (χ4n) is 1.88. The molecule has 5 N–H and O–H groups in total. The molecular weight excluding hydrogens is 319 g/mol. The quantitative estimate of drug-likeness (QED) is 0.203. The van der Waals surface area contributed by atoms with E-state index in [1.807, 2.05) is 6.20 Å². The van der Waals surface area contributed by atoms with Crippen molar-refractivity contribution >= 4 is 34.7 Å². The van der Waals surface area contributed by atoms with Gasteiger partial charge in [0.05, 0.1) is 0 Å². The minimum absolute atomic E-state index is 0.0527. The van der Waals surface area contributed by atoms with E-state index in [4.69, 9.17) is 11.3 Å². The summed E-state index contributed by atoms with van der Waals surface area (Å²) in [6, 6.07) is 0.409. The number of hydrogen-bond acceptors (Lipinski definition) is 4. The van der Waals surface area contributed by atoms with Crippen LogP contribution in [0.5, 0.6) is 0 Å². The fourth-order valence-corrected chi connectivity index (χ4v) is 2.06. The molecule has 0 unspecified atom stereocenters. The third-order valence-corrected chi connectivity index (χ3v) is 3.46. The molecule has 1 amide bonds. The minimum atomic E-state index is -0.0527. The molecule has 0 aliphatic heterocycles. The molecule has 1 fully saturated rings. The number of rotatable bonds is 4. The van der Waals surface area contributed by atoms with Crippen molar-refractivity contribution in [2.75, 3.05) is 0 Å². The summed E-state index contributed by atoms with van der Waals surface area (Å²) in [4.78, 5) is 11.3. The van der Waals surface area contributed by atoms with Gasteiger partial charge in [0.15, 0.2) is 0 Å². The lowest BCUT2D eigenvalue weighted by atomic mass is 9.85. The van der Waals surface area contributed by atoms with E-state index in [1.54, 1.807) is 0 Å². The maximum absolute atomic E-state index is 11.3. The highest BCUT2D eigenvalue weighted by Gasteiger charge is 2.25. The summed E-state index contributed by atoms with van der Waals surface area (Å²) in [6.45, 7) is 0. The van der Waals surface area contributed by atoms with Crippen LogP contribution in [0.25, 0.3) is 0 Å². The molecule has 6 heteroatoms. The van der Waals surface area contributed by atoms with E-state index in [-0.39, 0.29) is 11.8 Å². The number of nitrogens with two attached hydrogens (primary N) is 1. The fraction of sp³-hybridized carbons (Fsp3) is 0.600. The molecule has 1 rings (SSSR count). The second-order valence-electron chi connectivity index (χ2n) is 3.90. The van der Waals surface area contributed by atoms with Gasteiger partial charge in [-0.25, -0.2) is 5.84 Å². The first-order chi connectivity index (χ1) is 7.67. The van der Waals surface area contributed by atoms with Gasteiger partial charge in [0, 0.05) is 28.0 Å². The van der Waals surface area contributed by atoms with Gasteiger partial charge in [-0.2, -0.15) is 0 Å². The number of carbonyl (C=O) groups is 1. The molecular formula is C10H17IN4O. The maximum Gasteiger partial charge on any atom is 0.236 e. The van der Waals surface area contributed by atoms with E-state index in [0.29, 0.717) is 6.04 Å². The highest BCUT2D eigenvalue weighted by molar-refractivity contribution is 14.1. The molecule has 16 heavy (non-hydrogen) atoms. The van der Waals surface area contributed by atoms with Gasteiger partial charge in [0.25, 0.3) is 0 Å². The topological polar surface area (TPSA) is 91.0 Å². The standard InChI is InChI=1S/C10H17IN4O/c11-8(5-12)6-14-9-3-1-7(2-4-9)10(16)15-13/h5-7,9,12,14H,1-4,13H2,(H,15,16)/b8-6+,12-5?/t7-,9-. The molecule has 0 aromatic carbocycles. The van der Waals surface area contributed by atoms with Gasteiger partial charge >= 0.3 is 0 Å². The number of allylic oxidation sites excluding steroid dienone is 1. The maximum atomic E-state index is 11.3. The first kappa shape index (κ1) is 13.4. The van der Waals surface area contributed by atoms with Crippen LogP contribution in [0.15, 0.2) is 9.78 Å². The number of carbonyl (C=O) groups excluding carboxylic acids is 1. The SMILES string of the molecule is N=C/C(I)=C\N[C@H]1CC[C@H](C(=O)NN)CC1. The molecule has 0 heterocycles. The van der Waals surface area contributed by atoms with E-state index in [2.05, 4.69) is 33.3 Å². The molecule has 1 aliphatic carbocycles. The zero-order valence-electron chi connectivity index (χ0n) is 9.00. The van der Waals surface area contributed by atoms with E-state index in [9.17, 15) is 4.79 Å². The van der Waals surface area contributed by atoms with Crippen molar-refractivity contribution in [2.24, 2.45) is 11.8 Å². The molecule has 0 spiro atoms. The number of amides is 1. The summed E-state index contributed by atoms with van der Waals surface area (Å²) in [5.74, 6) is 5.11. The van der Waals surface area contributed by atoms with Crippen molar-refractivity contribution in [1.29, 1.82) is 5.41 Å². The summed E-state index contributed by atoms with van der Waals surface area (Å²) in [6.07, 6.45) is 6.83. The molecule has 0 radical (unpaired) electrons. The van der Waals surface area contributed by atoms with Crippen molar-refractivity contribution in [1.82, 2.24) is 10.7 Å². The van der Waals surface area contributed by atoms with Crippen LogP contribution in [0.2, 0.25) is 0 Å². The van der Waals surface area contributed by atoms with Crippen LogP contribution in [0, 0.1) is 11.3 Å². The van der Waals surface area contributed by atoms with Gasteiger partial charge in [-0.15, -0.1) is 0 Å². The van der Waals surface area contributed by atoms with Crippen LogP contribution in [-0.4, -0.2) is 18.2 Å². The van der Waals surface area contributed by atoms with Crippen molar-refractivity contribution < 1.29 is 4.79 Å². The lowest BCUT2D eigenvalue weighted by molar-refractivity contribution is -0.126. The number of hydrazine groups is 1. The summed E-state index contributed by atoms with van der Waals surface area (Å²) in [7, 11) is 0. The summed E-state index contributed by atoms with van der Waals surface area (Å²) in [5.41, 5.74) is 2.21. The smallest absolute Gasteiger partial charge is 0.236 e. The molecule has 0 saturated heterocycles. The van der Waals surface area contributed by atoms with Crippen molar-refractivity contribution in [3.8, 4) is 0 Å². The van der Waals surface area contributed by atoms with Crippen molar-refractivity contribution in [3.05, 3.63) is 9.78 Å². The average Bonchev–Trinajstić information content (AvgIpc) is 2.35. The van der Waals surface area contributed by atoms with E-state index in [1.165, 1.54) is 6.21 Å². The molecule has 1 saturated carbocycles. The van der Waals surface area contributed by atoms with E-state index in [0.717, 1.165) is 29.3 Å². The zero-order valence-corrected chi connectivity index (χ0v) is 11.2. The van der Waals surface area contributed by atoms with Crippen LogP contribution < -0.4 is 16.6 Å². The average molecular weight is 336 g/mol. The van der Waals surface area contributed by atoms with Gasteiger partial charge < -0.3 is 10.7 Å². The molecule has 0 aromatic rings. The van der Waals surface area contributed by atoms with E-state index >= 15 is 0 Å². The Hall–Kier alpha value is -0.630. The van der Waals surface area contributed by atoms with Crippen LogP contribution in [0.1, 0.15) is 25.7 Å². The van der Waals surface area contributed by atoms with Gasteiger partial charge in [-0.05, 0) is 48.3 Å². The van der Waals surface area contributed by atoms with Gasteiger partial charge in [0.2, 0.25) is 5.91 Å².